The molecule has 18 heavy (non-hydrogen) atoms. The molecule has 0 unspecified atom stereocenters. The number of sulfonamides is 1. The number of halogens is 3. The Bertz CT molecular complexity index is 315. The Morgan fingerprint density at radius 3 is 2.06 bits per heavy atom. The zero-order valence-corrected chi connectivity index (χ0v) is 11.8. The van der Waals surface area contributed by atoms with Crippen LogP contribution >= 0.6 is 0 Å². The molecule has 0 aliphatic carbocycles. The van der Waals surface area contributed by atoms with E-state index in [4.69, 9.17) is 0 Å². The van der Waals surface area contributed by atoms with Crippen LogP contribution in [0.3, 0.4) is 0 Å². The van der Waals surface area contributed by atoms with Gasteiger partial charge in [0.25, 0.3) is 0 Å². The van der Waals surface area contributed by atoms with Crippen molar-refractivity contribution in [1.82, 2.24) is 4.31 Å². The Hall–Kier alpha value is -0.300. The highest BCUT2D eigenvalue weighted by Crippen LogP contribution is 2.22. The maximum Gasteiger partial charge on any atom is 0.389 e. The van der Waals surface area contributed by atoms with E-state index in [1.54, 1.807) is 0 Å². The molecular weight excluding hydrogens is 267 g/mol. The fraction of sp³-hybridized carbons (Fsp3) is 1.00. The van der Waals surface area contributed by atoms with Crippen LogP contribution in [0.5, 0.6) is 0 Å². The molecular formula is C11H22F3NO2S. The minimum Gasteiger partial charge on any atom is -0.212 e. The Kier molecular flexibility index (Phi) is 7.86. The number of alkyl halides is 3. The van der Waals surface area contributed by atoms with Gasteiger partial charge in [0.05, 0.1) is 5.75 Å². The van der Waals surface area contributed by atoms with Gasteiger partial charge in [-0.15, -0.1) is 0 Å². The monoisotopic (exact) mass is 289 g/mol. The van der Waals surface area contributed by atoms with Gasteiger partial charge >= 0.3 is 6.18 Å². The Morgan fingerprint density at radius 1 is 1.00 bits per heavy atom. The summed E-state index contributed by atoms with van der Waals surface area (Å²) in [7, 11) is -3.55. The third kappa shape index (κ3) is 7.92. The normalized spacial score (nSPS) is 13.2. The molecule has 0 fully saturated rings. The van der Waals surface area contributed by atoms with Crippen molar-refractivity contribution in [2.24, 2.45) is 0 Å². The van der Waals surface area contributed by atoms with Crippen molar-refractivity contribution in [3.8, 4) is 0 Å². The van der Waals surface area contributed by atoms with Gasteiger partial charge in [-0.2, -0.15) is 13.2 Å². The van der Waals surface area contributed by atoms with Gasteiger partial charge in [0, 0.05) is 19.5 Å². The first kappa shape index (κ1) is 17.7. The fourth-order valence-corrected chi connectivity index (χ4v) is 3.19. The second-order valence-corrected chi connectivity index (χ2v) is 6.38. The van der Waals surface area contributed by atoms with Crippen molar-refractivity contribution in [2.75, 3.05) is 18.8 Å². The molecule has 3 nitrogen and oxygen atoms in total. The number of rotatable bonds is 9. The molecule has 0 saturated carbocycles. The van der Waals surface area contributed by atoms with Crippen molar-refractivity contribution < 1.29 is 21.6 Å². The highest BCUT2D eigenvalue weighted by atomic mass is 32.2. The van der Waals surface area contributed by atoms with Crippen LogP contribution in [0.25, 0.3) is 0 Å². The van der Waals surface area contributed by atoms with Gasteiger partial charge in [0.1, 0.15) is 0 Å². The topological polar surface area (TPSA) is 37.4 Å². The van der Waals surface area contributed by atoms with Crippen molar-refractivity contribution in [1.29, 1.82) is 0 Å². The number of nitrogens with zero attached hydrogens (tertiary/aromatic N) is 1. The molecule has 0 bridgehead atoms. The smallest absolute Gasteiger partial charge is 0.212 e. The standard InChI is InChI=1S/C11H22F3NO2S/c1-3-5-9-15(8-4-2)18(16,17)10-6-7-11(12,13)14/h3-10H2,1-2H3. The maximum absolute atomic E-state index is 12.0. The second-order valence-electron chi connectivity index (χ2n) is 4.29. The zero-order valence-electron chi connectivity index (χ0n) is 11.0. The van der Waals surface area contributed by atoms with Crippen molar-refractivity contribution in [2.45, 2.75) is 52.1 Å². The van der Waals surface area contributed by atoms with Crippen LogP contribution < -0.4 is 0 Å². The van der Waals surface area contributed by atoms with Crippen LogP contribution in [-0.4, -0.2) is 37.7 Å². The molecule has 0 atom stereocenters. The van der Waals surface area contributed by atoms with Crippen LogP contribution in [-0.2, 0) is 10.0 Å². The summed E-state index contributed by atoms with van der Waals surface area (Å²) in [6.07, 6.45) is -3.42. The van der Waals surface area contributed by atoms with Gasteiger partial charge < -0.3 is 0 Å². The summed E-state index contributed by atoms with van der Waals surface area (Å²) in [4.78, 5) is 0. The second kappa shape index (κ2) is 7.99. The molecule has 0 aliphatic heterocycles. The van der Waals surface area contributed by atoms with Gasteiger partial charge in [-0.3, -0.25) is 0 Å². The molecule has 0 saturated heterocycles. The van der Waals surface area contributed by atoms with E-state index in [0.29, 0.717) is 19.5 Å². The van der Waals surface area contributed by atoms with Crippen molar-refractivity contribution in [3.63, 3.8) is 0 Å². The van der Waals surface area contributed by atoms with E-state index < -0.39 is 28.4 Å². The van der Waals surface area contributed by atoms with E-state index >= 15 is 0 Å². The molecule has 0 amide bonds. The molecule has 0 heterocycles. The molecule has 0 rings (SSSR count). The van der Waals surface area contributed by atoms with E-state index in [9.17, 15) is 21.6 Å². The minimum absolute atomic E-state index is 0.363. The van der Waals surface area contributed by atoms with Crippen LogP contribution in [0.4, 0.5) is 13.2 Å². The van der Waals surface area contributed by atoms with Gasteiger partial charge in [-0.25, -0.2) is 12.7 Å². The SMILES string of the molecule is CCCCN(CCC)S(=O)(=O)CCCC(F)(F)F. The molecule has 110 valence electrons. The first-order chi connectivity index (χ1) is 8.23. The molecule has 0 radical (unpaired) electrons. The summed E-state index contributed by atoms with van der Waals surface area (Å²) in [5.74, 6) is -0.420. The molecule has 0 aliphatic rings. The summed E-state index contributed by atoms with van der Waals surface area (Å²) < 4.78 is 61.0. The van der Waals surface area contributed by atoms with Crippen LogP contribution in [0.2, 0.25) is 0 Å². The number of unbranched alkanes of at least 4 members (excludes halogenated alkanes) is 1. The molecule has 0 aromatic rings. The predicted octanol–water partition coefficient (Wildman–Crippen LogP) is 3.17. The first-order valence-corrected chi connectivity index (χ1v) is 7.88. The number of hydrogen-bond acceptors (Lipinski definition) is 2. The Labute approximate surface area is 107 Å². The molecule has 7 heteroatoms. The van der Waals surface area contributed by atoms with Gasteiger partial charge in [0.2, 0.25) is 10.0 Å². The molecule has 0 spiro atoms. The highest BCUT2D eigenvalue weighted by molar-refractivity contribution is 7.89. The van der Waals surface area contributed by atoms with E-state index in [1.165, 1.54) is 4.31 Å². The average Bonchev–Trinajstić information content (AvgIpc) is 2.21. The van der Waals surface area contributed by atoms with E-state index in [1.807, 2.05) is 13.8 Å². The van der Waals surface area contributed by atoms with E-state index in [2.05, 4.69) is 0 Å². The quantitative estimate of drug-likeness (QED) is 0.654. The summed E-state index contributed by atoms with van der Waals surface area (Å²) >= 11 is 0. The zero-order chi connectivity index (χ0) is 14.2. The Morgan fingerprint density at radius 2 is 1.61 bits per heavy atom. The molecule has 0 aromatic carbocycles. The lowest BCUT2D eigenvalue weighted by Crippen LogP contribution is -2.34. The summed E-state index contributed by atoms with van der Waals surface area (Å²) in [6, 6.07) is 0. The maximum atomic E-state index is 12.0. The minimum atomic E-state index is -4.28. The molecule has 0 aromatic heterocycles. The lowest BCUT2D eigenvalue weighted by Gasteiger charge is -2.21. The Balaban J connectivity index is 4.36. The summed E-state index contributed by atoms with van der Waals surface area (Å²) in [5.41, 5.74) is 0. The van der Waals surface area contributed by atoms with Crippen LogP contribution in [0, 0.1) is 0 Å². The highest BCUT2D eigenvalue weighted by Gasteiger charge is 2.28. The predicted molar refractivity (Wildman–Crippen MR) is 65.8 cm³/mol. The van der Waals surface area contributed by atoms with Crippen molar-refractivity contribution in [3.05, 3.63) is 0 Å². The average molecular weight is 289 g/mol. The largest absolute Gasteiger partial charge is 0.389 e. The van der Waals surface area contributed by atoms with E-state index in [0.717, 1.165) is 12.8 Å². The van der Waals surface area contributed by atoms with Crippen molar-refractivity contribution >= 4 is 10.0 Å². The third-order valence-electron chi connectivity index (χ3n) is 2.49. The molecule has 0 N–H and O–H groups in total. The van der Waals surface area contributed by atoms with E-state index in [-0.39, 0.29) is 6.42 Å². The van der Waals surface area contributed by atoms with Crippen LogP contribution in [0.1, 0.15) is 46.0 Å². The lowest BCUT2D eigenvalue weighted by molar-refractivity contribution is -0.134. The van der Waals surface area contributed by atoms with Gasteiger partial charge in [0.15, 0.2) is 0 Å². The lowest BCUT2D eigenvalue weighted by atomic mass is 10.3. The fourth-order valence-electron chi connectivity index (χ4n) is 1.56. The van der Waals surface area contributed by atoms with Crippen LogP contribution in [0.15, 0.2) is 0 Å². The van der Waals surface area contributed by atoms with Gasteiger partial charge in [-0.1, -0.05) is 20.3 Å². The third-order valence-corrected chi connectivity index (χ3v) is 4.45. The number of hydrogen-bond donors (Lipinski definition) is 0. The van der Waals surface area contributed by atoms with Gasteiger partial charge in [-0.05, 0) is 19.3 Å². The summed E-state index contributed by atoms with van der Waals surface area (Å²) in [6.45, 7) is 4.58. The first-order valence-electron chi connectivity index (χ1n) is 6.27. The summed E-state index contributed by atoms with van der Waals surface area (Å²) in [5, 5.41) is 0.